The molecule has 1 heterocycles. The predicted octanol–water partition coefficient (Wildman–Crippen LogP) is 3.35. The van der Waals surface area contributed by atoms with Gasteiger partial charge in [0.2, 0.25) is 5.91 Å². The summed E-state index contributed by atoms with van der Waals surface area (Å²) in [5.41, 5.74) is 4.01. The highest BCUT2D eigenvalue weighted by Gasteiger charge is 2.42. The maximum atomic E-state index is 13.0. The first-order valence-corrected chi connectivity index (χ1v) is 10.6. The largest absolute Gasteiger partial charge is 0.465 e. The molecular formula is C24H28N2O4. The molecule has 6 nitrogen and oxygen atoms in total. The lowest BCUT2D eigenvalue weighted by Crippen LogP contribution is -2.54. The normalized spacial score (nSPS) is 18.1. The Kier molecular flexibility index (Phi) is 6.04. The van der Waals surface area contributed by atoms with Gasteiger partial charge in [0.15, 0.2) is 0 Å². The summed E-state index contributed by atoms with van der Waals surface area (Å²) in [6.45, 7) is 1.64. The standard InChI is InChI=1S/C24H28N2O4/c27-22(21(25-23(28)29)17-30-16-18-6-2-1-3-7-18)26-14-12-24(13-15-26)11-10-19-8-4-5-9-20(19)24/h1-9,21,25H,10-17H2,(H,28,29)/t21-/m1/s1. The van der Waals surface area contributed by atoms with Gasteiger partial charge in [-0.05, 0) is 47.8 Å². The van der Waals surface area contributed by atoms with Crippen LogP contribution in [0.4, 0.5) is 4.79 Å². The second-order valence-corrected chi connectivity index (χ2v) is 8.27. The number of ether oxygens (including phenoxy) is 1. The van der Waals surface area contributed by atoms with Crippen LogP contribution in [0.3, 0.4) is 0 Å². The summed E-state index contributed by atoms with van der Waals surface area (Å²) in [6.07, 6.45) is 2.85. The van der Waals surface area contributed by atoms with Crippen molar-refractivity contribution in [2.45, 2.75) is 43.7 Å². The van der Waals surface area contributed by atoms with Gasteiger partial charge in [-0.2, -0.15) is 0 Å². The zero-order valence-corrected chi connectivity index (χ0v) is 17.0. The first-order valence-electron chi connectivity index (χ1n) is 10.6. The molecule has 2 aromatic carbocycles. The highest BCUT2D eigenvalue weighted by Crippen LogP contribution is 2.46. The Balaban J connectivity index is 1.36. The van der Waals surface area contributed by atoms with Crippen molar-refractivity contribution < 1.29 is 19.4 Å². The topological polar surface area (TPSA) is 78.9 Å². The molecule has 2 aliphatic rings. The molecular weight excluding hydrogens is 380 g/mol. The molecule has 2 N–H and O–H groups in total. The van der Waals surface area contributed by atoms with Gasteiger partial charge in [0.1, 0.15) is 6.04 Å². The number of benzene rings is 2. The van der Waals surface area contributed by atoms with Gasteiger partial charge in [0.25, 0.3) is 0 Å². The number of nitrogens with one attached hydrogen (secondary N) is 1. The van der Waals surface area contributed by atoms with E-state index in [0.717, 1.165) is 31.2 Å². The maximum Gasteiger partial charge on any atom is 0.405 e. The van der Waals surface area contributed by atoms with Gasteiger partial charge in [-0.25, -0.2) is 4.79 Å². The molecule has 0 saturated carbocycles. The first kappa shape index (κ1) is 20.4. The number of carboxylic acid groups (broad SMARTS) is 1. The number of likely N-dealkylation sites (tertiary alicyclic amines) is 1. The first-order chi connectivity index (χ1) is 14.6. The van der Waals surface area contributed by atoms with Crippen molar-refractivity contribution in [3.63, 3.8) is 0 Å². The molecule has 1 spiro atoms. The van der Waals surface area contributed by atoms with Gasteiger partial charge in [-0.1, -0.05) is 54.6 Å². The van der Waals surface area contributed by atoms with Crippen LogP contribution < -0.4 is 5.32 Å². The zero-order valence-electron chi connectivity index (χ0n) is 17.0. The Labute approximate surface area is 176 Å². The lowest BCUT2D eigenvalue weighted by atomic mass is 9.74. The van der Waals surface area contributed by atoms with E-state index >= 15 is 0 Å². The summed E-state index contributed by atoms with van der Waals surface area (Å²) in [5, 5.41) is 11.5. The van der Waals surface area contributed by atoms with Crippen LogP contribution in [0.15, 0.2) is 54.6 Å². The Morgan fingerprint density at radius 2 is 1.73 bits per heavy atom. The summed E-state index contributed by atoms with van der Waals surface area (Å²) in [5.74, 6) is -0.202. The van der Waals surface area contributed by atoms with Gasteiger partial charge in [0, 0.05) is 13.1 Å². The molecule has 30 heavy (non-hydrogen) atoms. The molecule has 2 aromatic rings. The molecule has 6 heteroatoms. The Bertz CT molecular complexity index is 891. The number of amides is 2. The summed E-state index contributed by atoms with van der Waals surface area (Å²) in [4.78, 5) is 26.1. The van der Waals surface area contributed by atoms with Gasteiger partial charge in [-0.15, -0.1) is 0 Å². The van der Waals surface area contributed by atoms with Gasteiger partial charge in [0.05, 0.1) is 13.2 Å². The van der Waals surface area contributed by atoms with Crippen molar-refractivity contribution in [2.75, 3.05) is 19.7 Å². The molecule has 1 saturated heterocycles. The Hall–Kier alpha value is -2.86. The third-order valence-corrected chi connectivity index (χ3v) is 6.49. The second kappa shape index (κ2) is 8.88. The molecule has 0 bridgehead atoms. The van der Waals surface area contributed by atoms with E-state index in [1.807, 2.05) is 30.3 Å². The quantitative estimate of drug-likeness (QED) is 0.768. The van der Waals surface area contributed by atoms with E-state index in [0.29, 0.717) is 19.7 Å². The lowest BCUT2D eigenvalue weighted by Gasteiger charge is -2.41. The fraction of sp³-hybridized carbons (Fsp3) is 0.417. The summed E-state index contributed by atoms with van der Waals surface area (Å²) in [6, 6.07) is 17.4. The van der Waals surface area contributed by atoms with Crippen molar-refractivity contribution in [2.24, 2.45) is 0 Å². The summed E-state index contributed by atoms with van der Waals surface area (Å²) in [7, 11) is 0. The van der Waals surface area contributed by atoms with Crippen LogP contribution in [0.5, 0.6) is 0 Å². The number of hydrogen-bond donors (Lipinski definition) is 2. The predicted molar refractivity (Wildman–Crippen MR) is 113 cm³/mol. The smallest absolute Gasteiger partial charge is 0.405 e. The second-order valence-electron chi connectivity index (χ2n) is 8.27. The number of carbonyl (C=O) groups excluding carboxylic acids is 1. The van der Waals surface area contributed by atoms with E-state index < -0.39 is 12.1 Å². The molecule has 1 aliphatic heterocycles. The van der Waals surface area contributed by atoms with Crippen LogP contribution in [0, 0.1) is 0 Å². The van der Waals surface area contributed by atoms with Crippen molar-refractivity contribution >= 4 is 12.0 Å². The van der Waals surface area contributed by atoms with E-state index in [9.17, 15) is 14.7 Å². The highest BCUT2D eigenvalue weighted by atomic mass is 16.5. The molecule has 0 unspecified atom stereocenters. The maximum absolute atomic E-state index is 13.0. The molecule has 0 radical (unpaired) electrons. The van der Waals surface area contributed by atoms with E-state index in [1.165, 1.54) is 11.1 Å². The van der Waals surface area contributed by atoms with Crippen molar-refractivity contribution in [1.82, 2.24) is 10.2 Å². The molecule has 4 rings (SSSR count). The van der Waals surface area contributed by atoms with Crippen LogP contribution in [0.2, 0.25) is 0 Å². The third-order valence-electron chi connectivity index (χ3n) is 6.49. The van der Waals surface area contributed by atoms with Gasteiger partial charge < -0.3 is 20.1 Å². The van der Waals surface area contributed by atoms with Crippen molar-refractivity contribution in [3.05, 3.63) is 71.3 Å². The van der Waals surface area contributed by atoms with Crippen LogP contribution in [0.1, 0.15) is 36.0 Å². The van der Waals surface area contributed by atoms with Crippen LogP contribution in [-0.2, 0) is 28.0 Å². The number of fused-ring (bicyclic) bond motifs is 2. The van der Waals surface area contributed by atoms with Gasteiger partial charge >= 0.3 is 6.09 Å². The van der Waals surface area contributed by atoms with Crippen molar-refractivity contribution in [3.8, 4) is 0 Å². The molecule has 1 aliphatic carbocycles. The van der Waals surface area contributed by atoms with Crippen molar-refractivity contribution in [1.29, 1.82) is 0 Å². The minimum absolute atomic E-state index is 0.0184. The molecule has 1 atom stereocenters. The number of rotatable bonds is 6. The average Bonchev–Trinajstić information content (AvgIpc) is 3.12. The van der Waals surface area contributed by atoms with E-state index in [2.05, 4.69) is 29.6 Å². The Morgan fingerprint density at radius 3 is 2.47 bits per heavy atom. The minimum Gasteiger partial charge on any atom is -0.465 e. The number of nitrogens with zero attached hydrogens (tertiary/aromatic N) is 1. The number of piperidine rings is 1. The van der Waals surface area contributed by atoms with E-state index in [-0.39, 0.29) is 17.9 Å². The number of carbonyl (C=O) groups is 2. The van der Waals surface area contributed by atoms with Crippen LogP contribution >= 0.6 is 0 Å². The molecule has 2 amide bonds. The van der Waals surface area contributed by atoms with Crippen LogP contribution in [-0.4, -0.2) is 47.7 Å². The lowest BCUT2D eigenvalue weighted by molar-refractivity contribution is -0.136. The fourth-order valence-corrected chi connectivity index (χ4v) is 4.85. The highest BCUT2D eigenvalue weighted by molar-refractivity contribution is 5.85. The SMILES string of the molecule is O=C(O)N[C@H](COCc1ccccc1)C(=O)N1CCC2(CCc3ccccc32)CC1. The molecule has 0 aromatic heterocycles. The van der Waals surface area contributed by atoms with Gasteiger partial charge in [-0.3, -0.25) is 4.79 Å². The monoisotopic (exact) mass is 408 g/mol. The summed E-state index contributed by atoms with van der Waals surface area (Å²) < 4.78 is 5.66. The Morgan fingerprint density at radius 1 is 1.03 bits per heavy atom. The average molecular weight is 408 g/mol. The third kappa shape index (κ3) is 4.33. The number of aryl methyl sites for hydroxylation is 1. The number of hydrogen-bond acceptors (Lipinski definition) is 3. The summed E-state index contributed by atoms with van der Waals surface area (Å²) >= 11 is 0. The molecule has 1 fully saturated rings. The fourth-order valence-electron chi connectivity index (χ4n) is 4.85. The zero-order chi connectivity index (χ0) is 21.0. The molecule has 158 valence electrons. The van der Waals surface area contributed by atoms with Crippen LogP contribution in [0.25, 0.3) is 0 Å². The minimum atomic E-state index is -1.21. The van der Waals surface area contributed by atoms with E-state index in [1.54, 1.807) is 4.90 Å². The van der Waals surface area contributed by atoms with E-state index in [4.69, 9.17) is 4.74 Å².